The second kappa shape index (κ2) is 2.81. The summed E-state index contributed by atoms with van der Waals surface area (Å²) in [6.07, 6.45) is 1.98. The lowest BCUT2D eigenvalue weighted by Crippen LogP contribution is -2.32. The van der Waals surface area contributed by atoms with Crippen molar-refractivity contribution in [1.82, 2.24) is 0 Å². The highest BCUT2D eigenvalue weighted by molar-refractivity contribution is 6.08. The Morgan fingerprint density at radius 1 is 1.14 bits per heavy atom. The molecule has 1 aliphatic rings. The quantitative estimate of drug-likeness (QED) is 0.608. The maximum atomic E-state index is 11.9. The Bertz CT molecular complexity index is 425. The number of hydrogen-bond donors (Lipinski definition) is 0. The molecule has 72 valence electrons. The Balaban J connectivity index is 2.72. The average Bonchev–Trinajstić information content (AvgIpc) is 2.15. The Morgan fingerprint density at radius 2 is 1.79 bits per heavy atom. The van der Waals surface area contributed by atoms with E-state index in [-0.39, 0.29) is 11.2 Å². The Kier molecular flexibility index (Phi) is 1.84. The van der Waals surface area contributed by atoms with E-state index in [9.17, 15) is 4.79 Å². The van der Waals surface area contributed by atoms with Crippen molar-refractivity contribution >= 4 is 11.9 Å². The molecule has 14 heavy (non-hydrogen) atoms. The number of benzene rings is 1. The molecule has 0 aliphatic heterocycles. The highest BCUT2D eigenvalue weighted by atomic mass is 16.1. The molecule has 0 amide bonds. The molecule has 0 radical (unpaired) electrons. The zero-order valence-electron chi connectivity index (χ0n) is 8.79. The van der Waals surface area contributed by atoms with Crippen LogP contribution in [0.2, 0.25) is 0 Å². The van der Waals surface area contributed by atoms with Crippen LogP contribution in [0.5, 0.6) is 0 Å². The van der Waals surface area contributed by atoms with Crippen LogP contribution in [-0.2, 0) is 10.2 Å². The minimum atomic E-state index is -0.366. The van der Waals surface area contributed by atoms with Gasteiger partial charge in [-0.25, -0.2) is 0 Å². The molecule has 0 unspecified atom stereocenters. The average molecular weight is 186 g/mol. The van der Waals surface area contributed by atoms with Crippen molar-refractivity contribution < 1.29 is 4.79 Å². The van der Waals surface area contributed by atoms with E-state index in [2.05, 4.69) is 6.07 Å². The molecule has 0 N–H and O–H groups in total. The zero-order chi connectivity index (χ0) is 10.3. The monoisotopic (exact) mass is 186 g/mol. The lowest BCUT2D eigenvalue weighted by molar-refractivity contribution is -0.119. The summed E-state index contributed by atoms with van der Waals surface area (Å²) in [4.78, 5) is 11.9. The molecule has 1 nitrogen and oxygen atoms in total. The van der Waals surface area contributed by atoms with Crippen LogP contribution in [0.15, 0.2) is 29.8 Å². The maximum Gasteiger partial charge on any atom is 0.168 e. The smallest absolute Gasteiger partial charge is 0.168 e. The van der Waals surface area contributed by atoms with Crippen molar-refractivity contribution in [1.29, 1.82) is 0 Å². The lowest BCUT2D eigenvalue weighted by Gasteiger charge is -2.29. The molecule has 2 rings (SSSR count). The van der Waals surface area contributed by atoms with E-state index in [0.29, 0.717) is 0 Å². The molecular formula is C13H14O. The van der Waals surface area contributed by atoms with Crippen LogP contribution in [0.3, 0.4) is 0 Å². The molecular weight excluding hydrogens is 172 g/mol. The predicted molar refractivity (Wildman–Crippen MR) is 58.1 cm³/mol. The number of carbonyl (C=O) groups is 1. The summed E-state index contributed by atoms with van der Waals surface area (Å²) in [6.45, 7) is 5.87. The van der Waals surface area contributed by atoms with Gasteiger partial charge < -0.3 is 0 Å². The van der Waals surface area contributed by atoms with Crippen LogP contribution in [0.1, 0.15) is 31.9 Å². The van der Waals surface area contributed by atoms with Crippen molar-refractivity contribution in [2.24, 2.45) is 0 Å². The molecule has 0 heterocycles. The fraction of sp³-hybridized carbons (Fsp3) is 0.308. The normalized spacial score (nSPS) is 18.8. The van der Waals surface area contributed by atoms with Gasteiger partial charge in [-0.05, 0) is 43.5 Å². The molecule has 1 heteroatoms. The van der Waals surface area contributed by atoms with E-state index >= 15 is 0 Å². The van der Waals surface area contributed by atoms with Gasteiger partial charge in [-0.2, -0.15) is 0 Å². The first-order valence-corrected chi connectivity index (χ1v) is 4.86. The molecule has 1 aromatic carbocycles. The van der Waals surface area contributed by atoms with E-state index in [4.69, 9.17) is 0 Å². The lowest BCUT2D eigenvalue weighted by atomic mass is 9.72. The Hall–Kier alpha value is -1.37. The van der Waals surface area contributed by atoms with Crippen LogP contribution < -0.4 is 0 Å². The predicted octanol–water partition coefficient (Wildman–Crippen LogP) is 2.95. The number of fused-ring (bicyclic) bond motifs is 1. The van der Waals surface area contributed by atoms with Gasteiger partial charge in [0.05, 0.1) is 5.41 Å². The van der Waals surface area contributed by atoms with Crippen molar-refractivity contribution in [2.45, 2.75) is 26.2 Å². The fourth-order valence-corrected chi connectivity index (χ4v) is 2.11. The van der Waals surface area contributed by atoms with E-state index in [1.807, 2.05) is 45.0 Å². The van der Waals surface area contributed by atoms with Crippen LogP contribution in [0.4, 0.5) is 0 Å². The van der Waals surface area contributed by atoms with E-state index in [1.54, 1.807) is 0 Å². The molecule has 0 bridgehead atoms. The van der Waals surface area contributed by atoms with Gasteiger partial charge >= 0.3 is 0 Å². The number of rotatable bonds is 0. The molecule has 1 aliphatic carbocycles. The third-order valence-corrected chi connectivity index (χ3v) is 2.93. The number of hydrogen-bond acceptors (Lipinski definition) is 1. The van der Waals surface area contributed by atoms with E-state index in [0.717, 1.165) is 11.1 Å². The minimum absolute atomic E-state index is 0.233. The highest BCUT2D eigenvalue weighted by Gasteiger charge is 2.34. The number of carbonyl (C=O) groups excluding carboxylic acids is 1. The van der Waals surface area contributed by atoms with E-state index in [1.165, 1.54) is 5.56 Å². The van der Waals surface area contributed by atoms with Crippen LogP contribution in [0, 0.1) is 0 Å². The summed E-state index contributed by atoms with van der Waals surface area (Å²) in [5.74, 6) is 0.233. The third-order valence-electron chi connectivity index (χ3n) is 2.93. The van der Waals surface area contributed by atoms with Crippen LogP contribution in [0.25, 0.3) is 6.08 Å². The molecule has 0 fully saturated rings. The standard InChI is InChI=1S/C13H14O/c1-9-8-10-6-4-5-7-11(10)13(2,3)12(9)14/h4-8H,1-3H3. The molecule has 0 saturated heterocycles. The second-order valence-corrected chi connectivity index (χ2v) is 4.37. The van der Waals surface area contributed by atoms with Gasteiger partial charge in [-0.3, -0.25) is 4.79 Å². The highest BCUT2D eigenvalue weighted by Crippen LogP contribution is 2.35. The summed E-state index contributed by atoms with van der Waals surface area (Å²) in [6, 6.07) is 8.10. The Labute approximate surface area is 84.5 Å². The largest absolute Gasteiger partial charge is 0.294 e. The van der Waals surface area contributed by atoms with Crippen molar-refractivity contribution in [2.75, 3.05) is 0 Å². The molecule has 0 saturated carbocycles. The first kappa shape index (κ1) is 9.20. The van der Waals surface area contributed by atoms with Gasteiger partial charge in [0, 0.05) is 0 Å². The van der Waals surface area contributed by atoms with Gasteiger partial charge in [0.25, 0.3) is 0 Å². The number of Topliss-reactive ketones (excluding diaryl/α,β-unsaturated/α-hetero) is 1. The minimum Gasteiger partial charge on any atom is -0.294 e. The fourth-order valence-electron chi connectivity index (χ4n) is 2.11. The van der Waals surface area contributed by atoms with Crippen LogP contribution in [-0.4, -0.2) is 5.78 Å². The number of allylic oxidation sites excluding steroid dienone is 1. The number of ketones is 1. The molecule has 1 aromatic rings. The topological polar surface area (TPSA) is 17.1 Å². The second-order valence-electron chi connectivity index (χ2n) is 4.37. The first-order valence-electron chi connectivity index (χ1n) is 4.86. The zero-order valence-corrected chi connectivity index (χ0v) is 8.79. The van der Waals surface area contributed by atoms with Gasteiger partial charge in [0.15, 0.2) is 5.78 Å². The van der Waals surface area contributed by atoms with Gasteiger partial charge in [-0.15, -0.1) is 0 Å². The Morgan fingerprint density at radius 3 is 2.50 bits per heavy atom. The van der Waals surface area contributed by atoms with Gasteiger partial charge in [0.1, 0.15) is 0 Å². The van der Waals surface area contributed by atoms with E-state index < -0.39 is 0 Å². The maximum absolute atomic E-state index is 11.9. The molecule has 0 atom stereocenters. The molecule has 0 spiro atoms. The SMILES string of the molecule is CC1=Cc2ccccc2C(C)(C)C1=O. The summed E-state index contributed by atoms with van der Waals surface area (Å²) >= 11 is 0. The third kappa shape index (κ3) is 1.12. The summed E-state index contributed by atoms with van der Waals surface area (Å²) in [5.41, 5.74) is 2.80. The van der Waals surface area contributed by atoms with Crippen molar-refractivity contribution in [3.63, 3.8) is 0 Å². The summed E-state index contributed by atoms with van der Waals surface area (Å²) < 4.78 is 0. The summed E-state index contributed by atoms with van der Waals surface area (Å²) in [5, 5.41) is 0. The van der Waals surface area contributed by atoms with Gasteiger partial charge in [0.2, 0.25) is 0 Å². The first-order chi connectivity index (χ1) is 6.53. The van der Waals surface area contributed by atoms with Crippen LogP contribution >= 0.6 is 0 Å². The van der Waals surface area contributed by atoms with Crippen molar-refractivity contribution in [3.05, 3.63) is 41.0 Å². The van der Waals surface area contributed by atoms with Gasteiger partial charge in [-0.1, -0.05) is 24.3 Å². The van der Waals surface area contributed by atoms with Crippen molar-refractivity contribution in [3.8, 4) is 0 Å². The summed E-state index contributed by atoms with van der Waals surface area (Å²) in [7, 11) is 0. The molecule has 0 aromatic heterocycles.